The van der Waals surface area contributed by atoms with Gasteiger partial charge in [-0.1, -0.05) is 6.92 Å². The van der Waals surface area contributed by atoms with Crippen molar-refractivity contribution >= 4 is 11.9 Å². The number of nitrogens with two attached hydrogens (primary N) is 1. The van der Waals surface area contributed by atoms with Gasteiger partial charge >= 0.3 is 5.97 Å². The van der Waals surface area contributed by atoms with Crippen molar-refractivity contribution in [2.75, 3.05) is 21.1 Å². The molecule has 5 fully saturated rings. The quantitative estimate of drug-likeness (QED) is 0.530. The van der Waals surface area contributed by atoms with Crippen molar-refractivity contribution in [2.24, 2.45) is 28.9 Å². The molecule has 196 valence electrons. The van der Waals surface area contributed by atoms with Gasteiger partial charge in [-0.25, -0.2) is 0 Å². The van der Waals surface area contributed by atoms with Crippen LogP contribution in [0.5, 0.6) is 0 Å². The Morgan fingerprint density at radius 2 is 1.77 bits per heavy atom. The number of carbonyl (C=O) groups excluding carboxylic acids is 2. The first-order valence-electron chi connectivity index (χ1n) is 13.3. The molecular weight excluding hydrogens is 442 g/mol. The summed E-state index contributed by atoms with van der Waals surface area (Å²) in [7, 11) is 5.68. The second kappa shape index (κ2) is 9.00. The zero-order valence-corrected chi connectivity index (χ0v) is 22.6. The Labute approximate surface area is 210 Å². The first-order valence-corrected chi connectivity index (χ1v) is 13.3. The van der Waals surface area contributed by atoms with E-state index in [4.69, 9.17) is 10.5 Å². The summed E-state index contributed by atoms with van der Waals surface area (Å²) in [6.45, 7) is 8.15. The first kappa shape index (κ1) is 26.4. The van der Waals surface area contributed by atoms with E-state index in [0.29, 0.717) is 24.7 Å². The van der Waals surface area contributed by atoms with Gasteiger partial charge in [0.25, 0.3) is 0 Å². The number of likely N-dealkylation sites (N-methyl/N-ethyl adjacent to an activating group) is 2. The van der Waals surface area contributed by atoms with Crippen LogP contribution >= 0.6 is 0 Å². The smallest absolute Gasteiger partial charge is 0.325 e. The van der Waals surface area contributed by atoms with E-state index in [1.165, 1.54) is 0 Å². The highest BCUT2D eigenvalue weighted by molar-refractivity contribution is 5.84. The lowest BCUT2D eigenvalue weighted by molar-refractivity contribution is -0.210. The van der Waals surface area contributed by atoms with Crippen molar-refractivity contribution in [3.05, 3.63) is 0 Å². The number of carbonyl (C=O) groups is 2. The van der Waals surface area contributed by atoms with Gasteiger partial charge in [-0.3, -0.25) is 14.5 Å². The van der Waals surface area contributed by atoms with Gasteiger partial charge in [-0.05, 0) is 110 Å². The van der Waals surface area contributed by atoms with Gasteiger partial charge in [0.1, 0.15) is 17.7 Å². The molecule has 5 rings (SSSR count). The van der Waals surface area contributed by atoms with Crippen LogP contribution in [0.2, 0.25) is 0 Å². The van der Waals surface area contributed by atoms with Crippen molar-refractivity contribution in [1.82, 2.24) is 15.1 Å². The zero-order valence-electron chi connectivity index (χ0n) is 22.6. The predicted octanol–water partition coefficient (Wildman–Crippen LogP) is 2.27. The van der Waals surface area contributed by atoms with Crippen LogP contribution in [0, 0.1) is 34.5 Å². The lowest BCUT2D eigenvalue weighted by Gasteiger charge is -2.63. The van der Waals surface area contributed by atoms with Crippen LogP contribution < -0.4 is 11.1 Å². The average molecular weight is 488 g/mol. The summed E-state index contributed by atoms with van der Waals surface area (Å²) in [6, 6.07) is 0.813. The molecule has 35 heavy (non-hydrogen) atoms. The largest absolute Gasteiger partial charge is 0.458 e. The molecule has 4 saturated carbocycles. The third kappa shape index (κ3) is 4.38. The number of rotatable bonds is 7. The maximum absolute atomic E-state index is 13.8. The SMILES string of the molecule is CNC(C)(C)[C@@H](C(=O)OC12CC3CC(C1)CC([C@H](N)C(=O)N1C(C)[C@@H](C)C[C@H]1C#N)(C3)C2)N(C)C. The Kier molecular flexibility index (Phi) is 6.79. The first-order chi connectivity index (χ1) is 16.3. The van der Waals surface area contributed by atoms with E-state index in [2.05, 4.69) is 18.3 Å². The predicted molar refractivity (Wildman–Crippen MR) is 134 cm³/mol. The highest BCUT2D eigenvalue weighted by atomic mass is 16.6. The van der Waals surface area contributed by atoms with E-state index in [1.807, 2.05) is 46.8 Å². The number of likely N-dealkylation sites (tertiary alicyclic amines) is 1. The molecule has 0 spiro atoms. The Morgan fingerprint density at radius 1 is 1.17 bits per heavy atom. The van der Waals surface area contributed by atoms with Crippen molar-refractivity contribution in [1.29, 1.82) is 5.26 Å². The van der Waals surface area contributed by atoms with Gasteiger partial charge < -0.3 is 20.7 Å². The second-order valence-electron chi connectivity index (χ2n) is 13.1. The molecule has 4 bridgehead atoms. The summed E-state index contributed by atoms with van der Waals surface area (Å²) in [5, 5.41) is 13.0. The summed E-state index contributed by atoms with van der Waals surface area (Å²) in [6.07, 6.45) is 5.99. The molecule has 8 nitrogen and oxygen atoms in total. The van der Waals surface area contributed by atoms with Crippen molar-refractivity contribution in [2.45, 2.75) is 108 Å². The number of esters is 1. The van der Waals surface area contributed by atoms with E-state index in [9.17, 15) is 14.9 Å². The number of hydrogen-bond acceptors (Lipinski definition) is 7. The normalized spacial score (nSPS) is 40.0. The second-order valence-corrected chi connectivity index (χ2v) is 13.1. The summed E-state index contributed by atoms with van der Waals surface area (Å²) < 4.78 is 6.47. The topological polar surface area (TPSA) is 112 Å². The van der Waals surface area contributed by atoms with E-state index in [1.54, 1.807) is 4.90 Å². The third-order valence-electron chi connectivity index (χ3n) is 9.96. The molecule has 1 aliphatic heterocycles. The van der Waals surface area contributed by atoms with Gasteiger partial charge in [0.2, 0.25) is 5.91 Å². The van der Waals surface area contributed by atoms with E-state index in [-0.39, 0.29) is 29.3 Å². The minimum absolute atomic E-state index is 0.00326. The van der Waals surface area contributed by atoms with Crippen LogP contribution in [0.15, 0.2) is 0 Å². The fraction of sp³-hybridized carbons (Fsp3) is 0.889. The minimum Gasteiger partial charge on any atom is -0.458 e. The third-order valence-corrected chi connectivity index (χ3v) is 9.96. The molecule has 0 aromatic carbocycles. The number of nitrogens with one attached hydrogen (secondary N) is 1. The van der Waals surface area contributed by atoms with Gasteiger partial charge in [-0.15, -0.1) is 0 Å². The summed E-state index contributed by atoms with van der Waals surface area (Å²) in [4.78, 5) is 31.1. The molecule has 0 aromatic rings. The van der Waals surface area contributed by atoms with Crippen molar-refractivity contribution < 1.29 is 14.3 Å². The average Bonchev–Trinajstić information content (AvgIpc) is 3.04. The molecule has 7 atom stereocenters. The van der Waals surface area contributed by atoms with E-state index in [0.717, 1.165) is 32.1 Å². The number of nitrogens with zero attached hydrogens (tertiary/aromatic N) is 3. The van der Waals surface area contributed by atoms with Gasteiger partial charge in [-0.2, -0.15) is 5.26 Å². The molecule has 3 N–H and O–H groups in total. The summed E-state index contributed by atoms with van der Waals surface area (Å²) in [5.41, 5.74) is 5.46. The molecular formula is C27H45N5O3. The molecule has 1 heterocycles. The number of amides is 1. The molecule has 5 aliphatic rings. The number of ether oxygens (including phenoxy) is 1. The monoisotopic (exact) mass is 487 g/mol. The van der Waals surface area contributed by atoms with Gasteiger partial charge in [0.15, 0.2) is 0 Å². The molecule has 0 aromatic heterocycles. The Bertz CT molecular complexity index is 882. The standard InChI is InChI=1S/C27H45N5O3/c1-16-8-20(14-28)32(17(16)2)23(33)21(29)26-10-18-9-19(11-26)13-27(12-18,15-26)35-24(34)22(31(6)7)25(3,4)30-5/h16-22,30H,8-13,15,29H2,1-7H3/t16-,17?,18?,19?,20-,21+,22+,26?,27?/m0/s1. The molecule has 4 aliphatic carbocycles. The van der Waals surface area contributed by atoms with Crippen LogP contribution in [-0.2, 0) is 14.3 Å². The van der Waals surface area contributed by atoms with Crippen LogP contribution in [-0.4, -0.2) is 78.1 Å². The fourth-order valence-electron chi connectivity index (χ4n) is 8.40. The Morgan fingerprint density at radius 3 is 2.29 bits per heavy atom. The van der Waals surface area contributed by atoms with Crippen LogP contribution in [0.1, 0.15) is 72.6 Å². The maximum Gasteiger partial charge on any atom is 0.325 e. The van der Waals surface area contributed by atoms with E-state index < -0.39 is 29.3 Å². The van der Waals surface area contributed by atoms with Crippen molar-refractivity contribution in [3.8, 4) is 6.07 Å². The Hall–Kier alpha value is -1.69. The van der Waals surface area contributed by atoms with Crippen LogP contribution in [0.3, 0.4) is 0 Å². The molecule has 1 amide bonds. The van der Waals surface area contributed by atoms with Gasteiger partial charge in [0.05, 0.1) is 12.1 Å². The van der Waals surface area contributed by atoms with Crippen LogP contribution in [0.4, 0.5) is 0 Å². The molecule has 1 saturated heterocycles. The number of nitriles is 1. The summed E-state index contributed by atoms with van der Waals surface area (Å²) >= 11 is 0. The maximum atomic E-state index is 13.8. The Balaban J connectivity index is 1.59. The minimum atomic E-state index is -0.673. The van der Waals surface area contributed by atoms with E-state index >= 15 is 0 Å². The molecule has 0 radical (unpaired) electrons. The van der Waals surface area contributed by atoms with Gasteiger partial charge in [0, 0.05) is 11.6 Å². The molecule has 3 unspecified atom stereocenters. The van der Waals surface area contributed by atoms with Crippen molar-refractivity contribution in [3.63, 3.8) is 0 Å². The lowest BCUT2D eigenvalue weighted by atomic mass is 9.46. The lowest BCUT2D eigenvalue weighted by Crippen LogP contribution is -2.67. The van der Waals surface area contributed by atoms with Crippen LogP contribution in [0.25, 0.3) is 0 Å². The zero-order chi connectivity index (χ0) is 25.9. The number of hydrogen-bond donors (Lipinski definition) is 2. The molecule has 8 heteroatoms. The fourth-order valence-corrected chi connectivity index (χ4v) is 8.40. The summed E-state index contributed by atoms with van der Waals surface area (Å²) in [5.74, 6) is 0.801. The highest BCUT2D eigenvalue weighted by Crippen LogP contribution is 2.64. The highest BCUT2D eigenvalue weighted by Gasteiger charge is 2.63.